The van der Waals surface area contributed by atoms with Gasteiger partial charge in [0.1, 0.15) is 0 Å². The average molecular weight is 451 g/mol. The number of carboxylic acids is 1. The number of nitrogens with one attached hydrogen (secondary N) is 1. The summed E-state index contributed by atoms with van der Waals surface area (Å²) in [5.74, 6) is -1.15. The standard InChI is InChI=1S/C25H26N2O4S/c28-25(29)19-13-14-27(16-19)24-12-11-23(21-7-3-4-8-22(21)24)26-32(30,31)20-10-9-17-5-1-2-6-18(17)15-20/h3-4,7-12,15,19,26H,1-2,5-6,13-14,16H2,(H,28,29)/t19-/m1/s1. The lowest BCUT2D eigenvalue weighted by molar-refractivity contribution is -0.140. The molecule has 1 aliphatic heterocycles. The molecule has 1 aliphatic carbocycles. The maximum absolute atomic E-state index is 13.2. The number of nitrogens with zero attached hydrogens (tertiary/aromatic N) is 1. The average Bonchev–Trinajstić information content (AvgIpc) is 3.29. The van der Waals surface area contributed by atoms with E-state index >= 15 is 0 Å². The lowest BCUT2D eigenvalue weighted by atomic mass is 9.92. The molecule has 0 bridgehead atoms. The first-order valence-corrected chi connectivity index (χ1v) is 12.5. The Kier molecular flexibility index (Phi) is 5.29. The van der Waals surface area contributed by atoms with Crippen LogP contribution < -0.4 is 9.62 Å². The van der Waals surface area contributed by atoms with Gasteiger partial charge in [0, 0.05) is 29.5 Å². The van der Waals surface area contributed by atoms with E-state index in [4.69, 9.17) is 0 Å². The number of anilines is 2. The molecule has 1 heterocycles. The smallest absolute Gasteiger partial charge is 0.308 e. The van der Waals surface area contributed by atoms with Gasteiger partial charge in [-0.05, 0) is 67.5 Å². The summed E-state index contributed by atoms with van der Waals surface area (Å²) in [6.07, 6.45) is 4.78. The summed E-state index contributed by atoms with van der Waals surface area (Å²) >= 11 is 0. The number of benzene rings is 3. The predicted octanol–water partition coefficient (Wildman–Crippen LogP) is 4.43. The third-order valence-electron chi connectivity index (χ3n) is 6.65. The number of sulfonamides is 1. The van der Waals surface area contributed by atoms with Crippen LogP contribution in [0.3, 0.4) is 0 Å². The largest absolute Gasteiger partial charge is 0.481 e. The minimum atomic E-state index is -3.73. The molecule has 0 aromatic heterocycles. The maximum atomic E-state index is 13.2. The number of fused-ring (bicyclic) bond motifs is 2. The molecule has 32 heavy (non-hydrogen) atoms. The van der Waals surface area contributed by atoms with Crippen LogP contribution in [0.15, 0.2) is 59.5 Å². The Morgan fingerprint density at radius 1 is 0.969 bits per heavy atom. The van der Waals surface area contributed by atoms with Gasteiger partial charge in [0.15, 0.2) is 0 Å². The molecule has 2 N–H and O–H groups in total. The normalized spacial score (nSPS) is 18.5. The first kappa shape index (κ1) is 20.8. The zero-order valence-corrected chi connectivity index (χ0v) is 18.6. The number of hydrogen-bond acceptors (Lipinski definition) is 4. The van der Waals surface area contributed by atoms with Crippen molar-refractivity contribution in [1.29, 1.82) is 0 Å². The zero-order valence-electron chi connectivity index (χ0n) is 17.8. The Hall–Kier alpha value is -3.06. The summed E-state index contributed by atoms with van der Waals surface area (Å²) in [6.45, 7) is 1.13. The van der Waals surface area contributed by atoms with Gasteiger partial charge >= 0.3 is 5.97 Å². The molecular formula is C25H26N2O4S. The number of hydrogen-bond donors (Lipinski definition) is 2. The van der Waals surface area contributed by atoms with Crippen molar-refractivity contribution in [2.24, 2.45) is 5.92 Å². The Bertz CT molecular complexity index is 1300. The fourth-order valence-electron chi connectivity index (χ4n) is 4.91. The third kappa shape index (κ3) is 3.81. The van der Waals surface area contributed by atoms with Gasteiger partial charge < -0.3 is 10.0 Å². The van der Waals surface area contributed by atoms with Gasteiger partial charge in [-0.15, -0.1) is 0 Å². The fraction of sp³-hybridized carbons (Fsp3) is 0.320. The van der Waals surface area contributed by atoms with Crippen LogP contribution in [0, 0.1) is 5.92 Å². The van der Waals surface area contributed by atoms with E-state index in [1.165, 1.54) is 5.56 Å². The first-order valence-electron chi connectivity index (χ1n) is 11.1. The zero-order chi connectivity index (χ0) is 22.3. The quantitative estimate of drug-likeness (QED) is 0.601. The molecule has 6 nitrogen and oxygen atoms in total. The van der Waals surface area contributed by atoms with Crippen molar-refractivity contribution < 1.29 is 18.3 Å². The monoisotopic (exact) mass is 450 g/mol. The topological polar surface area (TPSA) is 86.7 Å². The predicted molar refractivity (Wildman–Crippen MR) is 126 cm³/mol. The van der Waals surface area contributed by atoms with Crippen molar-refractivity contribution in [1.82, 2.24) is 0 Å². The van der Waals surface area contributed by atoms with E-state index in [0.717, 1.165) is 47.7 Å². The summed E-state index contributed by atoms with van der Waals surface area (Å²) in [6, 6.07) is 16.8. The van der Waals surface area contributed by atoms with E-state index in [1.807, 2.05) is 42.5 Å². The van der Waals surface area contributed by atoms with Crippen LogP contribution in [0.2, 0.25) is 0 Å². The van der Waals surface area contributed by atoms with Crippen molar-refractivity contribution in [2.75, 3.05) is 22.7 Å². The maximum Gasteiger partial charge on any atom is 0.308 e. The molecule has 7 heteroatoms. The van der Waals surface area contributed by atoms with Crippen LogP contribution in [0.1, 0.15) is 30.4 Å². The summed E-state index contributed by atoms with van der Waals surface area (Å²) in [5, 5.41) is 11.0. The SMILES string of the molecule is O=C(O)[C@@H]1CCN(c2ccc(NS(=O)(=O)c3ccc4c(c3)CCCC4)c3ccccc23)C1. The van der Waals surface area contributed by atoms with Gasteiger partial charge in [0.25, 0.3) is 10.0 Å². The van der Waals surface area contributed by atoms with E-state index in [0.29, 0.717) is 25.2 Å². The van der Waals surface area contributed by atoms with Crippen LogP contribution in [0.4, 0.5) is 11.4 Å². The molecule has 0 spiro atoms. The molecule has 3 aromatic rings. The molecule has 1 fully saturated rings. The molecule has 0 amide bonds. The van der Waals surface area contributed by atoms with Crippen molar-refractivity contribution in [3.05, 3.63) is 65.7 Å². The van der Waals surface area contributed by atoms with Gasteiger partial charge in [0.05, 0.1) is 16.5 Å². The number of carbonyl (C=O) groups is 1. The van der Waals surface area contributed by atoms with E-state index < -0.39 is 16.0 Å². The summed E-state index contributed by atoms with van der Waals surface area (Å²) in [5.41, 5.74) is 3.83. The Morgan fingerprint density at radius 2 is 1.72 bits per heavy atom. The Balaban J connectivity index is 1.48. The highest BCUT2D eigenvalue weighted by Gasteiger charge is 2.29. The highest BCUT2D eigenvalue weighted by molar-refractivity contribution is 7.92. The number of carboxylic acid groups (broad SMARTS) is 1. The van der Waals surface area contributed by atoms with Crippen LogP contribution in [-0.2, 0) is 27.7 Å². The van der Waals surface area contributed by atoms with Crippen LogP contribution in [0.5, 0.6) is 0 Å². The number of aryl methyl sites for hydroxylation is 2. The van der Waals surface area contributed by atoms with Crippen molar-refractivity contribution in [3.8, 4) is 0 Å². The third-order valence-corrected chi connectivity index (χ3v) is 8.02. The molecule has 5 rings (SSSR count). The van der Waals surface area contributed by atoms with E-state index in [2.05, 4.69) is 9.62 Å². The second-order valence-corrected chi connectivity index (χ2v) is 10.4. The number of aliphatic carboxylic acids is 1. The van der Waals surface area contributed by atoms with Gasteiger partial charge in [-0.1, -0.05) is 30.3 Å². The van der Waals surface area contributed by atoms with Crippen molar-refractivity contribution >= 4 is 38.1 Å². The van der Waals surface area contributed by atoms with E-state index in [9.17, 15) is 18.3 Å². The van der Waals surface area contributed by atoms with Crippen LogP contribution in [0.25, 0.3) is 10.8 Å². The van der Waals surface area contributed by atoms with Crippen LogP contribution in [-0.4, -0.2) is 32.6 Å². The minimum Gasteiger partial charge on any atom is -0.481 e. The molecular weight excluding hydrogens is 424 g/mol. The van der Waals surface area contributed by atoms with E-state index in [-0.39, 0.29) is 10.8 Å². The molecule has 1 atom stereocenters. The lowest BCUT2D eigenvalue weighted by Crippen LogP contribution is -2.23. The molecule has 166 valence electrons. The molecule has 1 saturated heterocycles. The Labute approximate surface area is 187 Å². The number of rotatable bonds is 5. The van der Waals surface area contributed by atoms with Crippen molar-refractivity contribution in [2.45, 2.75) is 37.0 Å². The lowest BCUT2D eigenvalue weighted by Gasteiger charge is -2.22. The second kappa shape index (κ2) is 8.13. The second-order valence-electron chi connectivity index (χ2n) is 8.69. The first-order chi connectivity index (χ1) is 15.4. The molecule has 0 saturated carbocycles. The fourth-order valence-corrected chi connectivity index (χ4v) is 6.04. The molecule has 0 radical (unpaired) electrons. The highest BCUT2D eigenvalue weighted by Crippen LogP contribution is 2.36. The molecule has 3 aromatic carbocycles. The summed E-state index contributed by atoms with van der Waals surface area (Å²) < 4.78 is 29.2. The summed E-state index contributed by atoms with van der Waals surface area (Å²) in [4.78, 5) is 13.7. The van der Waals surface area contributed by atoms with Crippen molar-refractivity contribution in [3.63, 3.8) is 0 Å². The van der Waals surface area contributed by atoms with Crippen LogP contribution >= 0.6 is 0 Å². The Morgan fingerprint density at radius 3 is 2.47 bits per heavy atom. The van der Waals surface area contributed by atoms with Gasteiger partial charge in [-0.2, -0.15) is 0 Å². The van der Waals surface area contributed by atoms with Gasteiger partial charge in [-0.25, -0.2) is 8.42 Å². The van der Waals surface area contributed by atoms with E-state index in [1.54, 1.807) is 12.1 Å². The highest BCUT2D eigenvalue weighted by atomic mass is 32.2. The van der Waals surface area contributed by atoms with Gasteiger partial charge in [0.2, 0.25) is 0 Å². The molecule has 2 aliphatic rings. The molecule has 0 unspecified atom stereocenters. The van der Waals surface area contributed by atoms with Gasteiger partial charge in [-0.3, -0.25) is 9.52 Å². The summed E-state index contributed by atoms with van der Waals surface area (Å²) in [7, 11) is -3.73. The minimum absolute atomic E-state index is 0.287.